The van der Waals surface area contributed by atoms with Gasteiger partial charge in [-0.15, -0.1) is 0 Å². The van der Waals surface area contributed by atoms with Crippen molar-refractivity contribution in [1.82, 2.24) is 5.32 Å². The van der Waals surface area contributed by atoms with Crippen LogP contribution in [0.25, 0.3) is 0 Å². The average Bonchev–Trinajstić information content (AvgIpc) is 2.43. The summed E-state index contributed by atoms with van der Waals surface area (Å²) < 4.78 is 0. The van der Waals surface area contributed by atoms with Crippen LogP contribution in [-0.2, 0) is 0 Å². The highest BCUT2D eigenvalue weighted by Gasteiger charge is 2.04. The molecule has 0 aliphatic rings. The van der Waals surface area contributed by atoms with Gasteiger partial charge in [-0.2, -0.15) is 0 Å². The second kappa shape index (κ2) is 8.57. The summed E-state index contributed by atoms with van der Waals surface area (Å²) in [6.07, 6.45) is 4.32. The van der Waals surface area contributed by atoms with Crippen molar-refractivity contribution in [3.05, 3.63) is 45.7 Å². The van der Waals surface area contributed by atoms with Crippen LogP contribution in [0.3, 0.4) is 0 Å². The van der Waals surface area contributed by atoms with Crippen LogP contribution in [0.5, 0.6) is 0 Å². The summed E-state index contributed by atoms with van der Waals surface area (Å²) in [5, 5.41) is 3.16. The molecule has 0 aromatic carbocycles. The van der Waals surface area contributed by atoms with E-state index >= 15 is 0 Å². The molecule has 2 nitrogen and oxygen atoms in total. The second-order valence-corrected chi connectivity index (χ2v) is 5.33. The van der Waals surface area contributed by atoms with Gasteiger partial charge in [-0.1, -0.05) is 0 Å². The standard InChI is InChI=1S/C18H30N2/c1-12(10-14(3)19-8)16(5)18(7)17(6)13(2)11-15(4)20-9/h10-11,19H,1-9H3. The van der Waals surface area contributed by atoms with Gasteiger partial charge in [0, 0.05) is 25.5 Å². The highest BCUT2D eigenvalue weighted by Crippen LogP contribution is 2.23. The fourth-order valence-corrected chi connectivity index (χ4v) is 1.86. The largest absolute Gasteiger partial charge is 0.392 e. The first-order valence-corrected chi connectivity index (χ1v) is 7.08. The molecule has 0 radical (unpaired) electrons. The van der Waals surface area contributed by atoms with Crippen LogP contribution in [-0.4, -0.2) is 19.8 Å². The fraction of sp³-hybridized carbons (Fsp3) is 0.500. The third-order valence-corrected chi connectivity index (χ3v) is 3.91. The van der Waals surface area contributed by atoms with Crippen molar-refractivity contribution in [2.45, 2.75) is 48.5 Å². The Labute approximate surface area is 125 Å². The molecule has 112 valence electrons. The summed E-state index contributed by atoms with van der Waals surface area (Å²) in [5.74, 6) is 0. The third kappa shape index (κ3) is 5.60. The van der Waals surface area contributed by atoms with Gasteiger partial charge >= 0.3 is 0 Å². The molecule has 0 amide bonds. The molecule has 0 saturated carbocycles. The molecule has 0 saturated heterocycles. The first kappa shape index (κ1) is 18.4. The van der Waals surface area contributed by atoms with Crippen molar-refractivity contribution in [3.8, 4) is 0 Å². The van der Waals surface area contributed by atoms with E-state index in [1.54, 1.807) is 0 Å². The Hall–Kier alpha value is -1.57. The Bertz CT molecular complexity index is 498. The minimum Gasteiger partial charge on any atom is -0.392 e. The zero-order valence-electron chi connectivity index (χ0n) is 14.6. The lowest BCUT2D eigenvalue weighted by Crippen LogP contribution is -2.02. The average molecular weight is 274 g/mol. The van der Waals surface area contributed by atoms with Crippen molar-refractivity contribution in [2.24, 2.45) is 4.99 Å². The molecule has 1 N–H and O–H groups in total. The third-order valence-electron chi connectivity index (χ3n) is 3.91. The molecule has 0 aliphatic carbocycles. The van der Waals surface area contributed by atoms with Gasteiger partial charge < -0.3 is 5.32 Å². The molecule has 0 spiro atoms. The van der Waals surface area contributed by atoms with Gasteiger partial charge in [-0.3, -0.25) is 4.99 Å². The summed E-state index contributed by atoms with van der Waals surface area (Å²) in [6, 6.07) is 0. The second-order valence-electron chi connectivity index (χ2n) is 5.33. The predicted molar refractivity (Wildman–Crippen MR) is 92.4 cm³/mol. The van der Waals surface area contributed by atoms with Crippen LogP contribution in [0.4, 0.5) is 0 Å². The highest BCUT2D eigenvalue weighted by molar-refractivity contribution is 5.93. The van der Waals surface area contributed by atoms with Gasteiger partial charge in [0.05, 0.1) is 0 Å². The molecule has 0 unspecified atom stereocenters. The molecule has 0 fully saturated rings. The number of hydrogen-bond donors (Lipinski definition) is 1. The van der Waals surface area contributed by atoms with Crippen LogP contribution in [0, 0.1) is 0 Å². The topological polar surface area (TPSA) is 24.4 Å². The number of nitrogens with one attached hydrogen (secondary N) is 1. The summed E-state index contributed by atoms with van der Waals surface area (Å²) >= 11 is 0. The SMILES string of the molecule is CN=C(C)C=C(C)C(C)=C(C)C(C)=C(C)C=C(C)NC. The van der Waals surface area contributed by atoms with Gasteiger partial charge in [0.2, 0.25) is 0 Å². The van der Waals surface area contributed by atoms with E-state index in [1.807, 2.05) is 21.0 Å². The van der Waals surface area contributed by atoms with Crippen molar-refractivity contribution in [1.29, 1.82) is 0 Å². The zero-order valence-corrected chi connectivity index (χ0v) is 14.6. The Balaban J connectivity index is 5.61. The van der Waals surface area contributed by atoms with E-state index in [9.17, 15) is 0 Å². The molecular weight excluding hydrogens is 244 g/mol. The quantitative estimate of drug-likeness (QED) is 0.564. The van der Waals surface area contributed by atoms with Crippen molar-refractivity contribution < 1.29 is 0 Å². The maximum atomic E-state index is 4.19. The highest BCUT2D eigenvalue weighted by atomic mass is 14.8. The van der Waals surface area contributed by atoms with E-state index < -0.39 is 0 Å². The molecule has 0 aliphatic heterocycles. The fourth-order valence-electron chi connectivity index (χ4n) is 1.86. The van der Waals surface area contributed by atoms with Gasteiger partial charge in [-0.25, -0.2) is 0 Å². The molecule has 0 heterocycles. The smallest absolute Gasteiger partial charge is 0.0316 e. The van der Waals surface area contributed by atoms with E-state index in [0.29, 0.717) is 0 Å². The lowest BCUT2D eigenvalue weighted by atomic mass is 9.95. The Morgan fingerprint density at radius 1 is 0.800 bits per heavy atom. The summed E-state index contributed by atoms with van der Waals surface area (Å²) in [7, 11) is 3.77. The number of allylic oxidation sites excluding steroid dienone is 8. The van der Waals surface area contributed by atoms with Crippen LogP contribution < -0.4 is 5.32 Å². The normalized spacial score (nSPS) is 16.8. The molecular formula is C18H30N2. The predicted octanol–water partition coefficient (Wildman–Crippen LogP) is 4.82. The van der Waals surface area contributed by atoms with E-state index in [-0.39, 0.29) is 0 Å². The lowest BCUT2D eigenvalue weighted by molar-refractivity contribution is 0.984. The van der Waals surface area contributed by atoms with E-state index in [0.717, 1.165) is 5.71 Å². The Kier molecular flexibility index (Phi) is 7.90. The summed E-state index contributed by atoms with van der Waals surface area (Å²) in [5.41, 5.74) is 8.78. The van der Waals surface area contributed by atoms with Crippen LogP contribution in [0.15, 0.2) is 50.7 Å². The van der Waals surface area contributed by atoms with Crippen LogP contribution in [0.1, 0.15) is 48.5 Å². The molecule has 0 aromatic heterocycles. The molecule has 0 bridgehead atoms. The maximum absolute atomic E-state index is 4.19. The Morgan fingerprint density at radius 2 is 1.35 bits per heavy atom. The number of rotatable bonds is 5. The van der Waals surface area contributed by atoms with Gasteiger partial charge in [-0.05, 0) is 88.5 Å². The number of hydrogen-bond acceptors (Lipinski definition) is 2. The van der Waals surface area contributed by atoms with Gasteiger partial charge in [0.15, 0.2) is 0 Å². The molecule has 2 heteroatoms. The lowest BCUT2D eigenvalue weighted by Gasteiger charge is -2.12. The molecule has 0 atom stereocenters. The van der Waals surface area contributed by atoms with Crippen molar-refractivity contribution >= 4 is 5.71 Å². The van der Waals surface area contributed by atoms with Gasteiger partial charge in [0.1, 0.15) is 0 Å². The number of nitrogens with zero attached hydrogens (tertiary/aromatic N) is 1. The zero-order chi connectivity index (χ0) is 15.9. The van der Waals surface area contributed by atoms with Crippen molar-refractivity contribution in [3.63, 3.8) is 0 Å². The summed E-state index contributed by atoms with van der Waals surface area (Å²) in [4.78, 5) is 4.19. The first-order valence-electron chi connectivity index (χ1n) is 7.08. The van der Waals surface area contributed by atoms with E-state index in [2.05, 4.69) is 64.0 Å². The molecule has 20 heavy (non-hydrogen) atoms. The van der Waals surface area contributed by atoms with E-state index in [1.165, 1.54) is 33.6 Å². The number of aliphatic imine (C=N–C) groups is 1. The molecule has 0 aromatic rings. The van der Waals surface area contributed by atoms with Crippen LogP contribution >= 0.6 is 0 Å². The first-order chi connectivity index (χ1) is 9.24. The van der Waals surface area contributed by atoms with E-state index in [4.69, 9.17) is 0 Å². The molecule has 0 rings (SSSR count). The Morgan fingerprint density at radius 3 is 1.80 bits per heavy atom. The minimum atomic E-state index is 1.05. The minimum absolute atomic E-state index is 1.05. The van der Waals surface area contributed by atoms with Crippen LogP contribution in [0.2, 0.25) is 0 Å². The van der Waals surface area contributed by atoms with Gasteiger partial charge in [0.25, 0.3) is 0 Å². The monoisotopic (exact) mass is 274 g/mol. The summed E-state index contributed by atoms with van der Waals surface area (Å²) in [6.45, 7) is 15.0. The maximum Gasteiger partial charge on any atom is 0.0316 e. The van der Waals surface area contributed by atoms with Crippen molar-refractivity contribution in [2.75, 3.05) is 14.1 Å².